The van der Waals surface area contributed by atoms with Crippen LogP contribution >= 0.6 is 0 Å². The number of ether oxygens (including phenoxy) is 1. The Kier molecular flexibility index (Phi) is 4.23. The van der Waals surface area contributed by atoms with Gasteiger partial charge in [-0.15, -0.1) is 0 Å². The summed E-state index contributed by atoms with van der Waals surface area (Å²) in [4.78, 5) is 17.2. The third-order valence-electron chi connectivity index (χ3n) is 2.96. The van der Waals surface area contributed by atoms with Crippen molar-refractivity contribution in [3.05, 3.63) is 54.7 Å². The average Bonchev–Trinajstić information content (AvgIpc) is 2.49. The second-order valence-corrected chi connectivity index (χ2v) is 4.60. The molecule has 1 amide bonds. The third-order valence-corrected chi connectivity index (χ3v) is 2.96. The lowest BCUT2D eigenvalue weighted by atomic mass is 10.2. The predicted molar refractivity (Wildman–Crippen MR) is 83.5 cm³/mol. The summed E-state index contributed by atoms with van der Waals surface area (Å²) >= 11 is 0. The van der Waals surface area contributed by atoms with E-state index >= 15 is 0 Å². The quantitative estimate of drug-likeness (QED) is 0.876. The normalized spacial score (nSPS) is 10.0. The number of nitrogens with zero attached hydrogens (tertiary/aromatic N) is 2. The zero-order valence-electron chi connectivity index (χ0n) is 12.0. The van der Waals surface area contributed by atoms with E-state index < -0.39 is 0 Å². The Morgan fingerprint density at radius 2 is 2.05 bits per heavy atom. The number of aryl methyl sites for hydroxylation is 1. The molecule has 0 spiro atoms. The van der Waals surface area contributed by atoms with Crippen LogP contribution in [0.5, 0.6) is 11.6 Å². The molecule has 0 aliphatic heterocycles. The van der Waals surface area contributed by atoms with E-state index in [9.17, 15) is 4.79 Å². The van der Waals surface area contributed by atoms with Gasteiger partial charge in [-0.1, -0.05) is 6.58 Å². The zero-order valence-corrected chi connectivity index (χ0v) is 12.0. The van der Waals surface area contributed by atoms with Crippen LogP contribution in [0.15, 0.2) is 49.2 Å². The number of aromatic nitrogens is 1. The van der Waals surface area contributed by atoms with Gasteiger partial charge >= 0.3 is 0 Å². The molecule has 108 valence electrons. The number of nitrogen functional groups attached to an aromatic ring is 1. The Bertz CT molecular complexity index is 666. The molecule has 1 aromatic heterocycles. The number of rotatable bonds is 4. The lowest BCUT2D eigenvalue weighted by Gasteiger charge is -2.15. The number of carbonyl (C=O) groups is 1. The van der Waals surface area contributed by atoms with Crippen molar-refractivity contribution in [2.75, 3.05) is 17.7 Å². The van der Waals surface area contributed by atoms with Crippen molar-refractivity contribution in [3.8, 4) is 11.6 Å². The SMILES string of the molecule is C=CC(=O)N(C)c1ccc(Oc2ncc(C)cc2N)cc1. The van der Waals surface area contributed by atoms with Gasteiger partial charge in [0, 0.05) is 18.9 Å². The molecule has 0 saturated heterocycles. The minimum absolute atomic E-state index is 0.173. The lowest BCUT2D eigenvalue weighted by Crippen LogP contribution is -2.23. The highest BCUT2D eigenvalue weighted by atomic mass is 16.5. The topological polar surface area (TPSA) is 68.5 Å². The van der Waals surface area contributed by atoms with Crippen molar-refractivity contribution in [1.29, 1.82) is 0 Å². The van der Waals surface area contributed by atoms with Crippen LogP contribution in [0.2, 0.25) is 0 Å². The number of likely N-dealkylation sites (N-methyl/N-ethyl adjacent to an activating group) is 1. The summed E-state index contributed by atoms with van der Waals surface area (Å²) in [7, 11) is 1.68. The number of pyridine rings is 1. The summed E-state index contributed by atoms with van der Waals surface area (Å²) in [6, 6.07) is 8.86. The van der Waals surface area contributed by atoms with E-state index in [0.29, 0.717) is 17.3 Å². The monoisotopic (exact) mass is 283 g/mol. The highest BCUT2D eigenvalue weighted by molar-refractivity contribution is 6.00. The smallest absolute Gasteiger partial charge is 0.250 e. The fourth-order valence-electron chi connectivity index (χ4n) is 1.78. The molecular formula is C16H17N3O2. The minimum Gasteiger partial charge on any atom is -0.437 e. The Morgan fingerprint density at radius 1 is 1.38 bits per heavy atom. The van der Waals surface area contributed by atoms with Crippen LogP contribution in [0.25, 0.3) is 0 Å². The molecule has 0 bridgehead atoms. The van der Waals surface area contributed by atoms with Gasteiger partial charge in [-0.05, 0) is 48.9 Å². The summed E-state index contributed by atoms with van der Waals surface area (Å²) in [5.74, 6) is 0.790. The minimum atomic E-state index is -0.173. The summed E-state index contributed by atoms with van der Waals surface area (Å²) in [5.41, 5.74) is 8.06. The Labute approximate surface area is 123 Å². The molecule has 5 nitrogen and oxygen atoms in total. The third kappa shape index (κ3) is 3.39. The molecule has 0 aliphatic rings. The molecule has 0 radical (unpaired) electrons. The molecule has 1 heterocycles. The van der Waals surface area contributed by atoms with Gasteiger partial charge in [0.2, 0.25) is 11.8 Å². The number of nitrogens with two attached hydrogens (primary N) is 1. The Balaban J connectivity index is 2.16. The van der Waals surface area contributed by atoms with Gasteiger partial charge in [-0.2, -0.15) is 0 Å². The standard InChI is InChI=1S/C16H17N3O2/c1-4-15(20)19(3)12-5-7-13(8-6-12)21-16-14(17)9-11(2)10-18-16/h4-10H,1,17H2,2-3H3. The van der Waals surface area contributed by atoms with Crippen molar-refractivity contribution in [1.82, 2.24) is 4.98 Å². The maximum atomic E-state index is 11.5. The van der Waals surface area contributed by atoms with E-state index in [1.807, 2.05) is 6.92 Å². The molecule has 2 rings (SSSR count). The summed E-state index contributed by atoms with van der Waals surface area (Å²) in [5, 5.41) is 0. The molecule has 5 heteroatoms. The Hall–Kier alpha value is -2.82. The molecule has 0 unspecified atom stereocenters. The van der Waals surface area contributed by atoms with Crippen molar-refractivity contribution in [2.45, 2.75) is 6.92 Å². The van der Waals surface area contributed by atoms with Crippen LogP contribution in [-0.2, 0) is 4.79 Å². The second-order valence-electron chi connectivity index (χ2n) is 4.60. The van der Waals surface area contributed by atoms with E-state index in [0.717, 1.165) is 11.3 Å². The molecule has 2 aromatic rings. The van der Waals surface area contributed by atoms with Crippen molar-refractivity contribution in [2.24, 2.45) is 0 Å². The molecule has 21 heavy (non-hydrogen) atoms. The average molecular weight is 283 g/mol. The summed E-state index contributed by atoms with van der Waals surface area (Å²) in [6.45, 7) is 5.37. The van der Waals surface area contributed by atoms with Gasteiger partial charge < -0.3 is 15.4 Å². The van der Waals surface area contributed by atoms with Gasteiger partial charge in [0.1, 0.15) is 5.75 Å². The lowest BCUT2D eigenvalue weighted by molar-refractivity contribution is -0.113. The summed E-state index contributed by atoms with van der Waals surface area (Å²) in [6.07, 6.45) is 2.96. The number of benzene rings is 1. The van der Waals surface area contributed by atoms with Crippen molar-refractivity contribution < 1.29 is 9.53 Å². The first-order valence-electron chi connectivity index (χ1n) is 6.41. The first kappa shape index (κ1) is 14.6. The molecule has 0 saturated carbocycles. The highest BCUT2D eigenvalue weighted by Gasteiger charge is 2.08. The molecule has 0 fully saturated rings. The van der Waals surface area contributed by atoms with Crippen LogP contribution in [0, 0.1) is 6.92 Å². The van der Waals surface area contributed by atoms with Crippen LogP contribution in [0.1, 0.15) is 5.56 Å². The van der Waals surface area contributed by atoms with Crippen molar-refractivity contribution >= 4 is 17.3 Å². The highest BCUT2D eigenvalue weighted by Crippen LogP contribution is 2.27. The first-order chi connectivity index (χ1) is 10.0. The molecule has 2 N–H and O–H groups in total. The Morgan fingerprint density at radius 3 is 2.62 bits per heavy atom. The van der Waals surface area contributed by atoms with Crippen LogP contribution in [0.4, 0.5) is 11.4 Å². The largest absolute Gasteiger partial charge is 0.437 e. The van der Waals surface area contributed by atoms with Crippen LogP contribution < -0.4 is 15.4 Å². The number of hydrogen-bond donors (Lipinski definition) is 1. The predicted octanol–water partition coefficient (Wildman–Crippen LogP) is 2.91. The van der Waals surface area contributed by atoms with E-state index in [-0.39, 0.29) is 5.91 Å². The fraction of sp³-hybridized carbons (Fsp3) is 0.125. The second kappa shape index (κ2) is 6.09. The van der Waals surface area contributed by atoms with Gasteiger partial charge in [0.05, 0.1) is 5.69 Å². The number of hydrogen-bond acceptors (Lipinski definition) is 4. The number of amides is 1. The molecule has 0 atom stereocenters. The maximum absolute atomic E-state index is 11.5. The van der Waals surface area contributed by atoms with E-state index in [4.69, 9.17) is 10.5 Å². The molecule has 1 aromatic carbocycles. The first-order valence-corrected chi connectivity index (χ1v) is 6.41. The zero-order chi connectivity index (χ0) is 15.4. The van der Waals surface area contributed by atoms with Crippen molar-refractivity contribution in [3.63, 3.8) is 0 Å². The molecular weight excluding hydrogens is 266 g/mol. The van der Waals surface area contributed by atoms with Gasteiger partial charge in [-0.25, -0.2) is 4.98 Å². The number of anilines is 2. The van der Waals surface area contributed by atoms with Crippen LogP contribution in [0.3, 0.4) is 0 Å². The van der Waals surface area contributed by atoms with E-state index in [2.05, 4.69) is 11.6 Å². The van der Waals surface area contributed by atoms with Gasteiger partial charge in [-0.3, -0.25) is 4.79 Å². The molecule has 0 aliphatic carbocycles. The van der Waals surface area contributed by atoms with E-state index in [1.165, 1.54) is 11.0 Å². The van der Waals surface area contributed by atoms with Gasteiger partial charge in [0.25, 0.3) is 0 Å². The fourth-order valence-corrected chi connectivity index (χ4v) is 1.78. The summed E-state index contributed by atoms with van der Waals surface area (Å²) < 4.78 is 5.63. The number of carbonyl (C=O) groups excluding carboxylic acids is 1. The maximum Gasteiger partial charge on any atom is 0.250 e. The van der Waals surface area contributed by atoms with Gasteiger partial charge in [0.15, 0.2) is 0 Å². The van der Waals surface area contributed by atoms with Crippen LogP contribution in [-0.4, -0.2) is 17.9 Å². The van der Waals surface area contributed by atoms with E-state index in [1.54, 1.807) is 43.6 Å².